The molecule has 3 aromatic rings. The van der Waals surface area contributed by atoms with Gasteiger partial charge in [-0.25, -0.2) is 0 Å². The van der Waals surface area contributed by atoms with Gasteiger partial charge in [0.05, 0.1) is 28.2 Å². The largest absolute Gasteiger partial charge is 0.333 e. The molecule has 3 rings (SSSR count). The fourth-order valence-corrected chi connectivity index (χ4v) is 5.63. The summed E-state index contributed by atoms with van der Waals surface area (Å²) in [7, 11) is 8.87. The summed E-state index contributed by atoms with van der Waals surface area (Å²) >= 11 is 0. The van der Waals surface area contributed by atoms with E-state index in [0.717, 1.165) is 10.9 Å². The molecule has 0 spiro atoms. The van der Waals surface area contributed by atoms with Gasteiger partial charge in [0.2, 0.25) is 0 Å². The molecule has 0 saturated heterocycles. The summed E-state index contributed by atoms with van der Waals surface area (Å²) in [6, 6.07) is 28.0. The Balaban J connectivity index is 0.00000103. The van der Waals surface area contributed by atoms with E-state index in [1.165, 1.54) is 46.1 Å². The summed E-state index contributed by atoms with van der Waals surface area (Å²) in [5.41, 5.74) is 8.88. The lowest BCUT2D eigenvalue weighted by Gasteiger charge is -2.45. The summed E-state index contributed by atoms with van der Waals surface area (Å²) in [4.78, 5) is 0. The molecule has 0 amide bonds. The van der Waals surface area contributed by atoms with Crippen LogP contribution in [0.25, 0.3) is 0 Å². The Bertz CT molecular complexity index is 1080. The predicted molar refractivity (Wildman–Crippen MR) is 183 cm³/mol. The number of hydrogen-bond donors (Lipinski definition) is 0. The molecule has 0 heterocycles. The van der Waals surface area contributed by atoms with Crippen LogP contribution in [0.2, 0.25) is 6.32 Å². The number of rotatable bonds is 6. The first-order chi connectivity index (χ1) is 18.2. The van der Waals surface area contributed by atoms with Crippen molar-refractivity contribution in [1.29, 1.82) is 0 Å². The average molecular weight is 542 g/mol. The molecule has 0 unspecified atom stereocenters. The van der Waals surface area contributed by atoms with Gasteiger partial charge in [-0.15, -0.1) is 0 Å². The van der Waals surface area contributed by atoms with Gasteiger partial charge >= 0.3 is 0 Å². The fourth-order valence-electron chi connectivity index (χ4n) is 5.63. The molecule has 0 aliphatic heterocycles. The first kappa shape index (κ1) is 33.9. The Kier molecular flexibility index (Phi) is 10.7. The van der Waals surface area contributed by atoms with E-state index in [-0.39, 0.29) is 21.7 Å². The topological polar surface area (TPSA) is 0 Å². The van der Waals surface area contributed by atoms with Crippen LogP contribution in [0.15, 0.2) is 72.8 Å². The standard InChI is InChI=1S/C34H48B.C4H12N/c1-31(2,3)25-17-10-13-20-28(25)34(23-16-24-35,29-21-14-11-18-26(29)32(4,5)6)30-22-15-12-19-27(30)33(7,8)9;1-5(2,3)4/h10-15,17-22H,16,23-24H2,1-9,35H3;1-4H3/q-1;+1. The van der Waals surface area contributed by atoms with Crippen LogP contribution < -0.4 is 0 Å². The van der Waals surface area contributed by atoms with Gasteiger partial charge < -0.3 is 4.48 Å². The summed E-state index contributed by atoms with van der Waals surface area (Å²) in [5.74, 6) is 0. The highest BCUT2D eigenvalue weighted by molar-refractivity contribution is 6.08. The third kappa shape index (κ3) is 8.35. The Morgan fingerprint density at radius 3 is 0.900 bits per heavy atom. The smallest absolute Gasteiger partial charge is 0.0675 e. The van der Waals surface area contributed by atoms with Crippen molar-refractivity contribution in [2.45, 2.75) is 103 Å². The van der Waals surface area contributed by atoms with Gasteiger partial charge in [0.25, 0.3) is 0 Å². The lowest BCUT2D eigenvalue weighted by molar-refractivity contribution is -0.849. The SMILES string of the molecule is C[N+](C)(C)C.[BH3-]CCCC(c1ccccc1C(C)(C)C)(c1ccccc1C(C)(C)C)c1ccccc1C(C)(C)C. The van der Waals surface area contributed by atoms with Crippen molar-refractivity contribution in [3.63, 3.8) is 0 Å². The number of benzene rings is 3. The maximum absolute atomic E-state index is 2.45. The molecule has 3 aromatic carbocycles. The highest BCUT2D eigenvalue weighted by Gasteiger charge is 2.43. The minimum Gasteiger partial charge on any atom is -0.333 e. The second-order valence-electron chi connectivity index (χ2n) is 15.6. The third-order valence-electron chi connectivity index (χ3n) is 7.14. The third-order valence-corrected chi connectivity index (χ3v) is 7.14. The van der Waals surface area contributed by atoms with Crippen molar-refractivity contribution in [2.24, 2.45) is 0 Å². The van der Waals surface area contributed by atoms with E-state index in [0.29, 0.717) is 7.85 Å². The molecule has 0 aromatic heterocycles. The quantitative estimate of drug-likeness (QED) is 0.166. The molecular weight excluding hydrogens is 481 g/mol. The Morgan fingerprint density at radius 2 is 0.700 bits per heavy atom. The van der Waals surface area contributed by atoms with Crippen LogP contribution in [0, 0.1) is 0 Å². The molecule has 0 atom stereocenters. The van der Waals surface area contributed by atoms with Gasteiger partial charge in [0.1, 0.15) is 0 Å². The molecule has 0 fully saturated rings. The molecular formula is C38H60BN. The Labute approximate surface area is 249 Å². The molecule has 1 nitrogen and oxygen atoms in total. The van der Waals surface area contributed by atoms with Crippen LogP contribution in [0.5, 0.6) is 0 Å². The zero-order valence-electron chi connectivity index (χ0n) is 27.5. The van der Waals surface area contributed by atoms with Gasteiger partial charge in [-0.2, -0.15) is 6.32 Å². The van der Waals surface area contributed by atoms with Gasteiger partial charge in [0.15, 0.2) is 0 Å². The Morgan fingerprint density at radius 1 is 0.475 bits per heavy atom. The van der Waals surface area contributed by atoms with E-state index in [4.69, 9.17) is 0 Å². The summed E-state index contributed by atoms with van der Waals surface area (Å²) < 4.78 is 1.00. The van der Waals surface area contributed by atoms with Crippen molar-refractivity contribution >= 4 is 7.85 Å². The van der Waals surface area contributed by atoms with Crippen molar-refractivity contribution < 1.29 is 4.48 Å². The molecule has 0 bridgehead atoms. The van der Waals surface area contributed by atoms with Gasteiger partial charge in [-0.3, -0.25) is 0 Å². The number of hydrogen-bond acceptors (Lipinski definition) is 0. The normalized spacial score (nSPS) is 13.1. The highest BCUT2D eigenvalue weighted by Crippen LogP contribution is 2.51. The van der Waals surface area contributed by atoms with Crippen LogP contribution in [0.1, 0.15) is 109 Å². The van der Waals surface area contributed by atoms with Gasteiger partial charge in [-0.1, -0.05) is 142 Å². The van der Waals surface area contributed by atoms with E-state index in [2.05, 4.69) is 163 Å². The first-order valence-electron chi connectivity index (χ1n) is 14.6. The second kappa shape index (κ2) is 12.7. The maximum atomic E-state index is 2.45. The molecule has 2 heteroatoms. The molecule has 40 heavy (non-hydrogen) atoms. The predicted octanol–water partition coefficient (Wildman–Crippen LogP) is 8.80. The second-order valence-corrected chi connectivity index (χ2v) is 15.6. The van der Waals surface area contributed by atoms with Crippen molar-refractivity contribution in [3.8, 4) is 0 Å². The van der Waals surface area contributed by atoms with E-state index < -0.39 is 0 Å². The van der Waals surface area contributed by atoms with Crippen LogP contribution in [-0.2, 0) is 21.7 Å². The minimum absolute atomic E-state index is 0.0587. The van der Waals surface area contributed by atoms with E-state index in [1.807, 2.05) is 0 Å². The number of nitrogens with zero attached hydrogens (tertiary/aromatic N) is 1. The molecule has 220 valence electrons. The zero-order chi connectivity index (χ0) is 30.6. The summed E-state index contributed by atoms with van der Waals surface area (Å²) in [6.45, 7) is 21.4. The van der Waals surface area contributed by atoms with Crippen LogP contribution in [-0.4, -0.2) is 40.5 Å². The van der Waals surface area contributed by atoms with E-state index >= 15 is 0 Å². The molecule has 0 aliphatic rings. The summed E-state index contributed by atoms with van der Waals surface area (Å²) in [5, 5.41) is 0. The molecule has 0 saturated carbocycles. The lowest BCUT2D eigenvalue weighted by atomic mass is 9.58. The number of quaternary nitrogens is 1. The zero-order valence-corrected chi connectivity index (χ0v) is 27.5. The Hall–Kier alpha value is -2.32. The highest BCUT2D eigenvalue weighted by atomic mass is 15.2. The van der Waals surface area contributed by atoms with E-state index in [9.17, 15) is 0 Å². The molecule has 0 aliphatic carbocycles. The van der Waals surface area contributed by atoms with Gasteiger partial charge in [-0.05, 0) is 63.9 Å². The minimum atomic E-state index is -0.189. The molecule has 0 radical (unpaired) electrons. The van der Waals surface area contributed by atoms with Crippen molar-refractivity contribution in [3.05, 3.63) is 106 Å². The average Bonchev–Trinajstić information content (AvgIpc) is 2.82. The fraction of sp³-hybridized carbons (Fsp3) is 0.526. The lowest BCUT2D eigenvalue weighted by Crippen LogP contribution is -2.37. The van der Waals surface area contributed by atoms with Crippen molar-refractivity contribution in [1.82, 2.24) is 0 Å². The van der Waals surface area contributed by atoms with Crippen molar-refractivity contribution in [2.75, 3.05) is 28.2 Å². The maximum Gasteiger partial charge on any atom is 0.0675 e. The summed E-state index contributed by atoms with van der Waals surface area (Å²) in [6.07, 6.45) is 3.87. The van der Waals surface area contributed by atoms with Crippen LogP contribution in [0.4, 0.5) is 0 Å². The van der Waals surface area contributed by atoms with Gasteiger partial charge in [0, 0.05) is 5.41 Å². The van der Waals surface area contributed by atoms with Crippen LogP contribution in [0.3, 0.4) is 0 Å². The monoisotopic (exact) mass is 541 g/mol. The molecule has 0 N–H and O–H groups in total. The first-order valence-corrected chi connectivity index (χ1v) is 14.6. The van der Waals surface area contributed by atoms with Crippen LogP contribution >= 0.6 is 0 Å². The van der Waals surface area contributed by atoms with E-state index in [1.54, 1.807) is 0 Å².